The molecule has 0 radical (unpaired) electrons. The third-order valence-corrected chi connectivity index (χ3v) is 6.22. The van der Waals surface area contributed by atoms with Crippen LogP contribution in [0.2, 0.25) is 0 Å². The number of para-hydroxylation sites is 1. The van der Waals surface area contributed by atoms with Gasteiger partial charge >= 0.3 is 0 Å². The SMILES string of the molecule is CC[C@H](C(=O)NC)N(Cc1ccccc1)C(=O)CCCN(c1ccccc1)S(C)(=O)=O. The van der Waals surface area contributed by atoms with Crippen molar-refractivity contribution < 1.29 is 18.0 Å². The number of hydrogen-bond acceptors (Lipinski definition) is 4. The van der Waals surface area contributed by atoms with Crippen molar-refractivity contribution in [2.24, 2.45) is 0 Å². The van der Waals surface area contributed by atoms with Crippen LogP contribution in [0.15, 0.2) is 60.7 Å². The molecule has 0 aliphatic heterocycles. The zero-order valence-electron chi connectivity index (χ0n) is 18.3. The van der Waals surface area contributed by atoms with Gasteiger partial charge in [0.1, 0.15) is 6.04 Å². The van der Waals surface area contributed by atoms with Gasteiger partial charge in [-0.25, -0.2) is 8.42 Å². The zero-order chi connectivity index (χ0) is 22.9. The Bertz CT molecular complexity index is 949. The lowest BCUT2D eigenvalue weighted by Crippen LogP contribution is -2.48. The molecule has 0 saturated carbocycles. The Balaban J connectivity index is 2.14. The molecule has 0 aliphatic rings. The van der Waals surface area contributed by atoms with Crippen molar-refractivity contribution in [2.45, 2.75) is 38.8 Å². The maximum atomic E-state index is 13.1. The van der Waals surface area contributed by atoms with Crippen LogP contribution in [-0.4, -0.2) is 51.0 Å². The van der Waals surface area contributed by atoms with E-state index in [0.29, 0.717) is 25.1 Å². The van der Waals surface area contributed by atoms with E-state index in [1.54, 1.807) is 36.2 Å². The van der Waals surface area contributed by atoms with Crippen LogP contribution in [0.25, 0.3) is 0 Å². The van der Waals surface area contributed by atoms with Gasteiger partial charge in [-0.2, -0.15) is 0 Å². The molecule has 31 heavy (non-hydrogen) atoms. The molecule has 1 N–H and O–H groups in total. The number of benzene rings is 2. The minimum Gasteiger partial charge on any atom is -0.357 e. The van der Waals surface area contributed by atoms with E-state index in [2.05, 4.69) is 5.32 Å². The summed E-state index contributed by atoms with van der Waals surface area (Å²) in [5, 5.41) is 2.63. The van der Waals surface area contributed by atoms with E-state index in [4.69, 9.17) is 0 Å². The molecule has 168 valence electrons. The Morgan fingerprint density at radius 2 is 1.58 bits per heavy atom. The van der Waals surface area contributed by atoms with E-state index in [0.717, 1.165) is 11.8 Å². The molecule has 0 spiro atoms. The molecule has 0 fully saturated rings. The van der Waals surface area contributed by atoms with Crippen LogP contribution in [-0.2, 0) is 26.2 Å². The van der Waals surface area contributed by atoms with Crippen molar-refractivity contribution in [2.75, 3.05) is 24.2 Å². The number of carbonyl (C=O) groups is 2. The van der Waals surface area contributed by atoms with Crippen LogP contribution in [0.1, 0.15) is 31.7 Å². The lowest BCUT2D eigenvalue weighted by molar-refractivity contribution is -0.141. The molecule has 7 nitrogen and oxygen atoms in total. The average molecular weight is 446 g/mol. The fraction of sp³-hybridized carbons (Fsp3) is 0.391. The van der Waals surface area contributed by atoms with E-state index in [1.165, 1.54) is 4.31 Å². The maximum absolute atomic E-state index is 13.1. The van der Waals surface area contributed by atoms with Crippen molar-refractivity contribution in [1.82, 2.24) is 10.2 Å². The van der Waals surface area contributed by atoms with E-state index >= 15 is 0 Å². The first-order chi connectivity index (χ1) is 14.8. The smallest absolute Gasteiger partial charge is 0.242 e. The Morgan fingerprint density at radius 3 is 2.10 bits per heavy atom. The minimum absolute atomic E-state index is 0.138. The summed E-state index contributed by atoms with van der Waals surface area (Å²) < 4.78 is 25.8. The highest BCUT2D eigenvalue weighted by Gasteiger charge is 2.28. The van der Waals surface area contributed by atoms with E-state index in [9.17, 15) is 18.0 Å². The normalized spacial score (nSPS) is 12.1. The van der Waals surface area contributed by atoms with Gasteiger partial charge in [0.2, 0.25) is 21.8 Å². The van der Waals surface area contributed by atoms with Gasteiger partial charge in [-0.3, -0.25) is 13.9 Å². The van der Waals surface area contributed by atoms with Gasteiger partial charge in [-0.15, -0.1) is 0 Å². The molecule has 2 aromatic rings. The van der Waals surface area contributed by atoms with Gasteiger partial charge < -0.3 is 10.2 Å². The second kappa shape index (κ2) is 11.5. The van der Waals surface area contributed by atoms with Gasteiger partial charge in [0.25, 0.3) is 0 Å². The van der Waals surface area contributed by atoms with Crippen molar-refractivity contribution in [3.8, 4) is 0 Å². The molecule has 0 heterocycles. The number of sulfonamides is 1. The summed E-state index contributed by atoms with van der Waals surface area (Å²) in [6.07, 6.45) is 2.12. The molecule has 1 atom stereocenters. The first-order valence-corrected chi connectivity index (χ1v) is 12.2. The zero-order valence-corrected chi connectivity index (χ0v) is 19.1. The number of nitrogens with one attached hydrogen (secondary N) is 1. The molecule has 0 bridgehead atoms. The molecule has 0 aromatic heterocycles. The lowest BCUT2D eigenvalue weighted by atomic mass is 10.1. The number of nitrogens with zero attached hydrogens (tertiary/aromatic N) is 2. The third kappa shape index (κ3) is 7.10. The lowest BCUT2D eigenvalue weighted by Gasteiger charge is -2.30. The fourth-order valence-electron chi connectivity index (χ4n) is 3.46. The van der Waals surface area contributed by atoms with Crippen molar-refractivity contribution in [3.05, 3.63) is 66.2 Å². The molecule has 0 unspecified atom stereocenters. The van der Waals surface area contributed by atoms with Crippen LogP contribution in [0, 0.1) is 0 Å². The van der Waals surface area contributed by atoms with Crippen molar-refractivity contribution in [1.29, 1.82) is 0 Å². The summed E-state index contributed by atoms with van der Waals surface area (Å²) in [5.74, 6) is -0.394. The van der Waals surface area contributed by atoms with Crippen molar-refractivity contribution >= 4 is 27.5 Å². The van der Waals surface area contributed by atoms with Crippen LogP contribution in [0.4, 0.5) is 5.69 Å². The topological polar surface area (TPSA) is 86.8 Å². The van der Waals surface area contributed by atoms with E-state index in [1.807, 2.05) is 43.3 Å². The number of likely N-dealkylation sites (N-methyl/N-ethyl adjacent to an activating group) is 1. The summed E-state index contributed by atoms with van der Waals surface area (Å²) in [6, 6.07) is 17.7. The summed E-state index contributed by atoms with van der Waals surface area (Å²) in [5.41, 5.74) is 1.50. The number of amides is 2. The Morgan fingerprint density at radius 1 is 1.00 bits per heavy atom. The molecule has 0 saturated heterocycles. The second-order valence-electron chi connectivity index (χ2n) is 7.32. The van der Waals surface area contributed by atoms with E-state index in [-0.39, 0.29) is 24.8 Å². The second-order valence-corrected chi connectivity index (χ2v) is 9.23. The predicted molar refractivity (Wildman–Crippen MR) is 123 cm³/mol. The Labute approximate surface area is 185 Å². The van der Waals surface area contributed by atoms with Gasteiger partial charge in [-0.1, -0.05) is 55.5 Å². The highest BCUT2D eigenvalue weighted by Crippen LogP contribution is 2.19. The van der Waals surface area contributed by atoms with Gasteiger partial charge in [0, 0.05) is 26.6 Å². The first-order valence-electron chi connectivity index (χ1n) is 10.4. The van der Waals surface area contributed by atoms with Crippen LogP contribution in [0.5, 0.6) is 0 Å². The molecule has 2 rings (SSSR count). The van der Waals surface area contributed by atoms with Gasteiger partial charge in [0.05, 0.1) is 11.9 Å². The number of hydrogen-bond donors (Lipinski definition) is 1. The fourth-order valence-corrected chi connectivity index (χ4v) is 4.43. The first kappa shape index (κ1) is 24.4. The maximum Gasteiger partial charge on any atom is 0.242 e. The predicted octanol–water partition coefficient (Wildman–Crippen LogP) is 2.79. The largest absolute Gasteiger partial charge is 0.357 e. The molecular formula is C23H31N3O4S. The molecule has 2 amide bonds. The highest BCUT2D eigenvalue weighted by atomic mass is 32.2. The summed E-state index contributed by atoms with van der Waals surface area (Å²) >= 11 is 0. The molecular weight excluding hydrogens is 414 g/mol. The third-order valence-electron chi connectivity index (χ3n) is 5.02. The summed E-state index contributed by atoms with van der Waals surface area (Å²) in [6.45, 7) is 2.37. The van der Waals surface area contributed by atoms with Gasteiger partial charge in [-0.05, 0) is 30.5 Å². The number of anilines is 1. The molecule has 0 aliphatic carbocycles. The quantitative estimate of drug-likeness (QED) is 0.576. The number of rotatable bonds is 11. The Kier molecular flexibility index (Phi) is 9.05. The van der Waals surface area contributed by atoms with Crippen LogP contribution < -0.4 is 9.62 Å². The average Bonchev–Trinajstić information content (AvgIpc) is 2.76. The molecule has 2 aromatic carbocycles. The summed E-state index contributed by atoms with van der Waals surface area (Å²) in [4.78, 5) is 27.1. The minimum atomic E-state index is -3.48. The van der Waals surface area contributed by atoms with Crippen LogP contribution in [0.3, 0.4) is 0 Å². The van der Waals surface area contributed by atoms with Gasteiger partial charge in [0.15, 0.2) is 0 Å². The van der Waals surface area contributed by atoms with Crippen molar-refractivity contribution in [3.63, 3.8) is 0 Å². The standard InChI is InChI=1S/C23H31N3O4S/c1-4-21(23(28)24-2)25(18-19-12-7-5-8-13-19)22(27)16-11-17-26(31(3,29)30)20-14-9-6-10-15-20/h5-10,12-15,21H,4,11,16-18H2,1-3H3,(H,24,28)/t21-/m1/s1. The number of carbonyl (C=O) groups excluding carboxylic acids is 2. The summed E-state index contributed by atoms with van der Waals surface area (Å²) in [7, 11) is -1.92. The highest BCUT2D eigenvalue weighted by molar-refractivity contribution is 7.92. The van der Waals surface area contributed by atoms with E-state index < -0.39 is 16.1 Å². The monoisotopic (exact) mass is 445 g/mol. The Hall–Kier alpha value is -2.87. The van der Waals surface area contributed by atoms with Crippen LogP contribution >= 0.6 is 0 Å². The molecule has 8 heteroatoms.